The maximum Gasteiger partial charge on any atom is 0.338 e. The summed E-state index contributed by atoms with van der Waals surface area (Å²) in [6.07, 6.45) is 1.60. The highest BCUT2D eigenvalue weighted by Gasteiger charge is 2.33. The number of imide groups is 1. The Kier molecular flexibility index (Phi) is 3.80. The van der Waals surface area contributed by atoms with E-state index in [1.165, 1.54) is 35.7 Å². The van der Waals surface area contributed by atoms with Crippen molar-refractivity contribution in [2.24, 2.45) is 0 Å². The number of fused-ring (bicyclic) bond motifs is 2. The second-order valence-electron chi connectivity index (χ2n) is 6.02. The summed E-state index contributed by atoms with van der Waals surface area (Å²) in [5.74, 6) is -1.55. The topological polar surface area (TPSA) is 98.1 Å². The van der Waals surface area contributed by atoms with Crippen LogP contribution in [0.1, 0.15) is 36.8 Å². The van der Waals surface area contributed by atoms with Crippen LogP contribution < -0.4 is 5.56 Å². The van der Waals surface area contributed by atoms with E-state index in [1.54, 1.807) is 24.4 Å². The lowest BCUT2D eigenvalue weighted by Crippen LogP contribution is -2.24. The highest BCUT2D eigenvalue weighted by atomic mass is 16.5. The Labute approximate surface area is 152 Å². The van der Waals surface area contributed by atoms with E-state index < -0.39 is 17.8 Å². The van der Waals surface area contributed by atoms with Crippen LogP contribution in [0.15, 0.2) is 53.5 Å². The number of carbonyl (C=O) groups excluding carboxylic acids is 3. The predicted molar refractivity (Wildman–Crippen MR) is 93.4 cm³/mol. The van der Waals surface area contributed by atoms with Crippen molar-refractivity contribution in [3.8, 4) is 0 Å². The van der Waals surface area contributed by atoms with Crippen LogP contribution in [0.3, 0.4) is 0 Å². The molecule has 2 aromatic heterocycles. The van der Waals surface area contributed by atoms with Crippen molar-refractivity contribution in [3.05, 3.63) is 81.4 Å². The minimum absolute atomic E-state index is 0.141. The van der Waals surface area contributed by atoms with Crippen molar-refractivity contribution in [1.29, 1.82) is 0 Å². The summed E-state index contributed by atoms with van der Waals surface area (Å²) in [4.78, 5) is 53.5. The van der Waals surface area contributed by atoms with E-state index in [2.05, 4.69) is 4.98 Å². The van der Waals surface area contributed by atoms with Gasteiger partial charge in [0.2, 0.25) is 0 Å². The zero-order chi connectivity index (χ0) is 19.1. The van der Waals surface area contributed by atoms with Gasteiger partial charge in [0.25, 0.3) is 17.4 Å². The molecule has 4 rings (SSSR count). The molecule has 1 aromatic carbocycles. The summed E-state index contributed by atoms with van der Waals surface area (Å²) in [5.41, 5.74) is 1.04. The first-order chi connectivity index (χ1) is 13.0. The Bertz CT molecular complexity index is 1180. The van der Waals surface area contributed by atoms with Gasteiger partial charge < -0.3 is 4.74 Å². The molecule has 0 unspecified atom stereocenters. The minimum Gasteiger partial charge on any atom is -0.456 e. The van der Waals surface area contributed by atoms with Crippen molar-refractivity contribution >= 4 is 23.4 Å². The fraction of sp³-hybridized carbons (Fsp3) is 0.105. The number of pyridine rings is 1. The van der Waals surface area contributed by atoms with Gasteiger partial charge >= 0.3 is 5.97 Å². The molecule has 8 nitrogen and oxygen atoms in total. The van der Waals surface area contributed by atoms with Gasteiger partial charge in [0.05, 0.1) is 22.4 Å². The number of hydrogen-bond acceptors (Lipinski definition) is 6. The number of benzene rings is 1. The Hall–Kier alpha value is -3.81. The molecule has 1 aliphatic rings. The summed E-state index contributed by atoms with van der Waals surface area (Å²) in [7, 11) is 1.38. The average molecular weight is 363 g/mol. The Morgan fingerprint density at radius 3 is 2.63 bits per heavy atom. The Morgan fingerprint density at radius 2 is 1.81 bits per heavy atom. The molecular formula is C19H13N3O5. The van der Waals surface area contributed by atoms with E-state index in [9.17, 15) is 19.2 Å². The molecule has 27 heavy (non-hydrogen) atoms. The number of nitrogens with zero attached hydrogens (tertiary/aromatic N) is 3. The number of hydrogen-bond donors (Lipinski definition) is 0. The molecule has 0 N–H and O–H groups in total. The number of rotatable bonds is 3. The molecule has 134 valence electrons. The van der Waals surface area contributed by atoms with Crippen LogP contribution >= 0.6 is 0 Å². The van der Waals surface area contributed by atoms with E-state index in [0.29, 0.717) is 11.3 Å². The van der Waals surface area contributed by atoms with Crippen molar-refractivity contribution < 1.29 is 19.1 Å². The summed E-state index contributed by atoms with van der Waals surface area (Å²) < 4.78 is 6.59. The molecule has 0 saturated heterocycles. The molecule has 0 atom stereocenters. The number of aromatic nitrogens is 2. The number of ether oxygens (including phenoxy) is 1. The van der Waals surface area contributed by atoms with Crippen molar-refractivity contribution in [3.63, 3.8) is 0 Å². The van der Waals surface area contributed by atoms with Gasteiger partial charge in [-0.25, -0.2) is 9.78 Å². The quantitative estimate of drug-likeness (QED) is 0.514. The van der Waals surface area contributed by atoms with Gasteiger partial charge in [0, 0.05) is 19.3 Å². The smallest absolute Gasteiger partial charge is 0.338 e. The van der Waals surface area contributed by atoms with Gasteiger partial charge in [-0.2, -0.15) is 0 Å². The summed E-state index contributed by atoms with van der Waals surface area (Å²) >= 11 is 0. The van der Waals surface area contributed by atoms with E-state index in [0.717, 1.165) is 4.90 Å². The zero-order valence-electron chi connectivity index (χ0n) is 14.2. The van der Waals surface area contributed by atoms with E-state index >= 15 is 0 Å². The largest absolute Gasteiger partial charge is 0.456 e. The first-order valence-corrected chi connectivity index (χ1v) is 8.06. The summed E-state index contributed by atoms with van der Waals surface area (Å²) in [6, 6.07) is 10.6. The minimum atomic E-state index is -0.678. The van der Waals surface area contributed by atoms with Crippen LogP contribution in [0.5, 0.6) is 0 Å². The zero-order valence-corrected chi connectivity index (χ0v) is 14.2. The van der Waals surface area contributed by atoms with E-state index in [1.807, 2.05) is 0 Å². The monoisotopic (exact) mass is 363 g/mol. The Balaban J connectivity index is 1.55. The molecule has 3 heterocycles. The van der Waals surface area contributed by atoms with Crippen molar-refractivity contribution in [1.82, 2.24) is 14.3 Å². The van der Waals surface area contributed by atoms with Gasteiger partial charge in [0.1, 0.15) is 12.3 Å². The molecule has 0 radical (unpaired) electrons. The van der Waals surface area contributed by atoms with Gasteiger partial charge in [0.15, 0.2) is 0 Å². The van der Waals surface area contributed by atoms with Crippen LogP contribution in [-0.4, -0.2) is 39.1 Å². The molecule has 0 saturated carbocycles. The Morgan fingerprint density at radius 1 is 1.04 bits per heavy atom. The normalized spacial score (nSPS) is 13.1. The highest BCUT2D eigenvalue weighted by molar-refractivity contribution is 6.21. The van der Waals surface area contributed by atoms with Gasteiger partial charge in [-0.15, -0.1) is 0 Å². The van der Waals surface area contributed by atoms with Gasteiger partial charge in [-0.05, 0) is 30.3 Å². The fourth-order valence-corrected chi connectivity index (χ4v) is 2.89. The molecule has 1 aliphatic heterocycles. The maximum atomic E-state index is 12.3. The van der Waals surface area contributed by atoms with Crippen molar-refractivity contribution in [2.45, 2.75) is 6.61 Å². The van der Waals surface area contributed by atoms with E-state index in [-0.39, 0.29) is 28.9 Å². The molecule has 8 heteroatoms. The first kappa shape index (κ1) is 16.6. The van der Waals surface area contributed by atoms with Crippen LogP contribution in [0.2, 0.25) is 0 Å². The molecule has 2 amide bonds. The van der Waals surface area contributed by atoms with Crippen LogP contribution in [0.4, 0.5) is 0 Å². The first-order valence-electron chi connectivity index (χ1n) is 8.06. The van der Waals surface area contributed by atoms with Crippen LogP contribution in [-0.2, 0) is 11.3 Å². The third-order valence-electron chi connectivity index (χ3n) is 4.30. The second-order valence-corrected chi connectivity index (χ2v) is 6.02. The average Bonchev–Trinajstić information content (AvgIpc) is 2.90. The molecule has 0 fully saturated rings. The number of amides is 2. The van der Waals surface area contributed by atoms with Crippen LogP contribution in [0.25, 0.3) is 5.65 Å². The lowest BCUT2D eigenvalue weighted by molar-refractivity contribution is 0.0467. The van der Waals surface area contributed by atoms with Crippen molar-refractivity contribution in [2.75, 3.05) is 7.05 Å². The summed E-state index contributed by atoms with van der Waals surface area (Å²) in [6.45, 7) is -0.191. The van der Waals surface area contributed by atoms with Gasteiger partial charge in [-0.1, -0.05) is 6.07 Å². The lowest BCUT2D eigenvalue weighted by Gasteiger charge is -2.06. The maximum absolute atomic E-state index is 12.3. The van der Waals surface area contributed by atoms with Gasteiger partial charge in [-0.3, -0.25) is 23.7 Å². The third kappa shape index (κ3) is 2.77. The highest BCUT2D eigenvalue weighted by Crippen LogP contribution is 2.23. The molecule has 0 spiro atoms. The standard InChI is InChI=1S/C19H13N3O5/c1-21-17(24)13-6-5-11(8-14(13)18(21)25)19(26)27-10-12-9-16(23)22-7-3-2-4-15(22)20-12/h2-9H,10H2,1H3. The molecule has 3 aromatic rings. The SMILES string of the molecule is CN1C(=O)c2ccc(C(=O)OCc3cc(=O)n4ccccc4n3)cc2C1=O. The lowest BCUT2D eigenvalue weighted by atomic mass is 10.1. The molecular weight excluding hydrogens is 350 g/mol. The van der Waals surface area contributed by atoms with Crippen LogP contribution in [0, 0.1) is 0 Å². The number of carbonyl (C=O) groups is 3. The summed E-state index contributed by atoms with van der Waals surface area (Å²) in [5, 5.41) is 0. The van der Waals surface area contributed by atoms with E-state index in [4.69, 9.17) is 4.74 Å². The third-order valence-corrected chi connectivity index (χ3v) is 4.30. The predicted octanol–water partition coefficient (Wildman–Crippen LogP) is 1.28. The fourth-order valence-electron chi connectivity index (χ4n) is 2.89. The number of esters is 1. The molecule has 0 bridgehead atoms. The second kappa shape index (κ2) is 6.17. The molecule has 0 aliphatic carbocycles.